The minimum atomic E-state index is -2.57. The highest BCUT2D eigenvalue weighted by molar-refractivity contribution is 5.90. The molecule has 0 aromatic rings. The summed E-state index contributed by atoms with van der Waals surface area (Å²) < 4.78 is 16.3. The third-order valence-electron chi connectivity index (χ3n) is 7.49. The molecule has 2 fully saturated rings. The molecule has 0 aromatic carbocycles. The van der Waals surface area contributed by atoms with Crippen LogP contribution in [0.4, 0.5) is 0 Å². The van der Waals surface area contributed by atoms with Gasteiger partial charge in [-0.3, -0.25) is 4.90 Å². The van der Waals surface area contributed by atoms with Crippen molar-refractivity contribution in [3.63, 3.8) is 0 Å². The lowest BCUT2D eigenvalue weighted by molar-refractivity contribution is -0.214. The second kappa shape index (κ2) is 9.32. The van der Waals surface area contributed by atoms with E-state index < -0.39 is 59.3 Å². The largest absolute Gasteiger partial charge is 0.459 e. The third kappa shape index (κ3) is 4.18. The molecular weight excluding hydrogens is 434 g/mol. The molecule has 3 aliphatic rings. The number of nitrogens with zero attached hydrogens (tertiary/aromatic N) is 1. The van der Waals surface area contributed by atoms with Crippen molar-refractivity contribution in [2.45, 2.75) is 83.0 Å². The van der Waals surface area contributed by atoms with E-state index in [9.17, 15) is 29.7 Å². The van der Waals surface area contributed by atoms with Gasteiger partial charge in [0.25, 0.3) is 0 Å². The second-order valence-electron chi connectivity index (χ2n) is 9.62. The van der Waals surface area contributed by atoms with Crippen molar-refractivity contribution in [3.8, 4) is 0 Å². The monoisotopic (exact) mass is 469 g/mol. The molecular formula is C23H35NO9. The zero-order valence-electron chi connectivity index (χ0n) is 19.8. The molecule has 0 aliphatic carbocycles. The van der Waals surface area contributed by atoms with Crippen LogP contribution in [0.2, 0.25) is 0 Å². The Balaban J connectivity index is 2.05. The standard InChI is InChI=1S/C23H35NO9/c1-6-13(4)23(30)18(25)19(26)32-14(5)22(29,12(2)3)20(27)31-11-15-7-9-24-10-8-16(17(15)24)33-21(23)28/h7,12-14,16-18,25,29-30H,6,8-11H2,1-5H3/t13?,14-,16-,17-,18-,22+,23-/m1/s1. The van der Waals surface area contributed by atoms with Crippen LogP contribution >= 0.6 is 0 Å². The van der Waals surface area contributed by atoms with Crippen molar-refractivity contribution in [3.05, 3.63) is 11.6 Å². The van der Waals surface area contributed by atoms with Gasteiger partial charge in [-0.1, -0.05) is 40.2 Å². The van der Waals surface area contributed by atoms with E-state index in [0.717, 1.165) is 5.57 Å². The van der Waals surface area contributed by atoms with E-state index in [0.29, 0.717) is 19.5 Å². The highest BCUT2D eigenvalue weighted by Crippen LogP contribution is 2.36. The number of aliphatic hydroxyl groups is 3. The normalized spacial score (nSPS) is 39.3. The van der Waals surface area contributed by atoms with Crippen molar-refractivity contribution in [2.75, 3.05) is 19.7 Å². The lowest BCUT2D eigenvalue weighted by Crippen LogP contribution is -2.61. The first-order valence-corrected chi connectivity index (χ1v) is 11.5. The highest BCUT2D eigenvalue weighted by Gasteiger charge is 2.57. The zero-order chi connectivity index (χ0) is 24.7. The van der Waals surface area contributed by atoms with Crippen molar-refractivity contribution >= 4 is 17.9 Å². The molecule has 3 heterocycles. The maximum atomic E-state index is 13.2. The number of cyclic esters (lactones) is 2. The van der Waals surface area contributed by atoms with Gasteiger partial charge in [-0.15, -0.1) is 0 Å². The van der Waals surface area contributed by atoms with Gasteiger partial charge in [-0.25, -0.2) is 14.4 Å². The minimum Gasteiger partial charge on any atom is -0.459 e. The van der Waals surface area contributed by atoms with Crippen LogP contribution in [0.3, 0.4) is 0 Å². The number of carbonyl (C=O) groups excluding carboxylic acids is 3. The first kappa shape index (κ1) is 25.6. The van der Waals surface area contributed by atoms with Crippen LogP contribution in [0.25, 0.3) is 0 Å². The summed E-state index contributed by atoms with van der Waals surface area (Å²) >= 11 is 0. The number of esters is 3. The molecule has 0 saturated carbocycles. The van der Waals surface area contributed by atoms with Crippen LogP contribution in [0, 0.1) is 11.8 Å². The van der Waals surface area contributed by atoms with Crippen LogP contribution in [0.5, 0.6) is 0 Å². The fourth-order valence-corrected chi connectivity index (χ4v) is 4.90. The van der Waals surface area contributed by atoms with Crippen molar-refractivity contribution in [2.24, 2.45) is 11.8 Å². The number of ether oxygens (including phenoxy) is 3. The van der Waals surface area contributed by atoms with Gasteiger partial charge in [0.2, 0.25) is 11.2 Å². The van der Waals surface area contributed by atoms with Gasteiger partial charge in [0.1, 0.15) is 18.8 Å². The predicted molar refractivity (Wildman–Crippen MR) is 115 cm³/mol. The van der Waals surface area contributed by atoms with E-state index in [1.54, 1.807) is 20.8 Å². The molecule has 2 saturated heterocycles. The van der Waals surface area contributed by atoms with E-state index in [2.05, 4.69) is 4.90 Å². The van der Waals surface area contributed by atoms with Crippen molar-refractivity contribution in [1.82, 2.24) is 4.90 Å². The molecule has 3 N–H and O–H groups in total. The maximum absolute atomic E-state index is 13.2. The average molecular weight is 470 g/mol. The van der Waals surface area contributed by atoms with Gasteiger partial charge < -0.3 is 29.5 Å². The first-order chi connectivity index (χ1) is 15.4. The summed E-state index contributed by atoms with van der Waals surface area (Å²) in [5, 5.41) is 33.3. The fourth-order valence-electron chi connectivity index (χ4n) is 4.90. The lowest BCUT2D eigenvalue weighted by Gasteiger charge is -2.39. The highest BCUT2D eigenvalue weighted by atomic mass is 16.6. The zero-order valence-corrected chi connectivity index (χ0v) is 19.8. The van der Waals surface area contributed by atoms with E-state index in [-0.39, 0.29) is 19.1 Å². The van der Waals surface area contributed by atoms with Crippen LogP contribution in [-0.2, 0) is 28.6 Å². The topological polar surface area (TPSA) is 143 Å². The summed E-state index contributed by atoms with van der Waals surface area (Å²) in [6.45, 7) is 8.73. The summed E-state index contributed by atoms with van der Waals surface area (Å²) in [6, 6.07) is -0.362. The summed E-state index contributed by atoms with van der Waals surface area (Å²) in [4.78, 5) is 41.0. The van der Waals surface area contributed by atoms with Gasteiger partial charge in [0.05, 0.1) is 6.04 Å². The van der Waals surface area contributed by atoms with Crippen LogP contribution in [0.1, 0.15) is 47.5 Å². The van der Waals surface area contributed by atoms with Gasteiger partial charge in [0.15, 0.2) is 6.10 Å². The number of hydrogen-bond acceptors (Lipinski definition) is 10. The molecule has 0 aromatic heterocycles. The Kier molecular flexibility index (Phi) is 7.24. The molecule has 186 valence electrons. The lowest BCUT2D eigenvalue weighted by atomic mass is 9.81. The third-order valence-corrected chi connectivity index (χ3v) is 7.49. The molecule has 0 amide bonds. The molecule has 0 bridgehead atoms. The number of carbonyl (C=O) groups is 3. The minimum absolute atomic E-state index is 0.123. The quantitative estimate of drug-likeness (QED) is 0.292. The van der Waals surface area contributed by atoms with E-state index in [4.69, 9.17) is 14.2 Å². The second-order valence-corrected chi connectivity index (χ2v) is 9.62. The molecule has 7 atom stereocenters. The number of rotatable bonds is 3. The van der Waals surface area contributed by atoms with Gasteiger partial charge in [-0.05, 0) is 30.8 Å². The Morgan fingerprint density at radius 3 is 2.39 bits per heavy atom. The molecule has 10 heteroatoms. The van der Waals surface area contributed by atoms with Crippen LogP contribution in [-0.4, -0.2) is 93.4 Å². The molecule has 1 unspecified atom stereocenters. The summed E-state index contributed by atoms with van der Waals surface area (Å²) in [5.74, 6) is -4.97. The Hall–Kier alpha value is -2.01. The summed E-state index contributed by atoms with van der Waals surface area (Å²) in [5.41, 5.74) is -4.05. The fraction of sp³-hybridized carbons (Fsp3) is 0.783. The smallest absolute Gasteiger partial charge is 0.342 e. The van der Waals surface area contributed by atoms with Gasteiger partial charge in [0, 0.05) is 13.1 Å². The maximum Gasteiger partial charge on any atom is 0.342 e. The van der Waals surface area contributed by atoms with Crippen molar-refractivity contribution in [1.29, 1.82) is 0 Å². The Morgan fingerprint density at radius 2 is 1.79 bits per heavy atom. The van der Waals surface area contributed by atoms with E-state index >= 15 is 0 Å². The van der Waals surface area contributed by atoms with Crippen LogP contribution < -0.4 is 0 Å². The van der Waals surface area contributed by atoms with E-state index in [1.807, 2.05) is 6.08 Å². The van der Waals surface area contributed by atoms with E-state index in [1.165, 1.54) is 13.8 Å². The molecule has 0 spiro atoms. The summed E-state index contributed by atoms with van der Waals surface area (Å²) in [6.07, 6.45) is -1.74. The average Bonchev–Trinajstić information content (AvgIpc) is 3.36. The Morgan fingerprint density at radius 1 is 1.12 bits per heavy atom. The predicted octanol–water partition coefficient (Wildman–Crippen LogP) is -0.0738. The molecule has 10 nitrogen and oxygen atoms in total. The Labute approximate surface area is 193 Å². The molecule has 3 aliphatic heterocycles. The number of aliphatic hydroxyl groups excluding tert-OH is 1. The first-order valence-electron chi connectivity index (χ1n) is 11.5. The molecule has 0 radical (unpaired) electrons. The van der Waals surface area contributed by atoms with Crippen LogP contribution in [0.15, 0.2) is 11.6 Å². The molecule has 33 heavy (non-hydrogen) atoms. The van der Waals surface area contributed by atoms with Gasteiger partial charge in [-0.2, -0.15) is 0 Å². The number of hydrogen-bond donors (Lipinski definition) is 3. The Bertz CT molecular complexity index is 827. The van der Waals surface area contributed by atoms with Crippen molar-refractivity contribution < 1.29 is 43.9 Å². The SMILES string of the molecule is CCC(C)[C@]1(O)C(=O)O[C@@H]2CCN3CC=C(COC(=O)[C@](O)(C(C)C)[C@@H](C)OC(=O)[C@H]1O)[C@H]23. The van der Waals surface area contributed by atoms with Gasteiger partial charge >= 0.3 is 17.9 Å². The summed E-state index contributed by atoms with van der Waals surface area (Å²) in [7, 11) is 0. The molecule has 3 rings (SSSR count).